The minimum atomic E-state index is -0.435. The van der Waals surface area contributed by atoms with E-state index in [4.69, 9.17) is 33.2 Å². The second kappa shape index (κ2) is 7.55. The third-order valence-electron chi connectivity index (χ3n) is 2.63. The van der Waals surface area contributed by atoms with Gasteiger partial charge in [-0.1, -0.05) is 23.2 Å². The summed E-state index contributed by atoms with van der Waals surface area (Å²) in [6.45, 7) is -0.0521. The number of rotatable bonds is 4. The van der Waals surface area contributed by atoms with Crippen molar-refractivity contribution in [3.63, 3.8) is 0 Å². The number of urea groups is 1. The number of hydrogen-bond acceptors (Lipinski definition) is 3. The zero-order valence-electron chi connectivity index (χ0n) is 11.3. The Bertz CT molecular complexity index is 712. The molecule has 2 aromatic carbocycles. The van der Waals surface area contributed by atoms with Crippen LogP contribution in [0.3, 0.4) is 0 Å². The van der Waals surface area contributed by atoms with Crippen LogP contribution in [0.1, 0.15) is 5.56 Å². The fraction of sp³-hybridized carbons (Fsp3) is 0.0667. The summed E-state index contributed by atoms with van der Waals surface area (Å²) in [6, 6.07) is 12.9. The first-order chi connectivity index (χ1) is 10.6. The number of amides is 2. The topological polar surface area (TPSA) is 74.2 Å². The molecular formula is C15H11Cl2N3O2. The molecule has 0 aliphatic rings. The maximum Gasteiger partial charge on any atom is 0.321 e. The lowest BCUT2D eigenvalue weighted by Crippen LogP contribution is -2.32. The Balaban J connectivity index is 1.81. The van der Waals surface area contributed by atoms with Gasteiger partial charge in [-0.15, -0.1) is 0 Å². The van der Waals surface area contributed by atoms with E-state index in [2.05, 4.69) is 10.6 Å². The van der Waals surface area contributed by atoms with Crippen molar-refractivity contribution in [2.75, 3.05) is 12.0 Å². The van der Waals surface area contributed by atoms with Crippen molar-refractivity contribution in [2.45, 2.75) is 0 Å². The number of carbonyl (C=O) groups is 1. The number of nitrogens with one attached hydrogen (secondary N) is 2. The summed E-state index contributed by atoms with van der Waals surface area (Å²) in [7, 11) is 0. The predicted octanol–water partition coefficient (Wildman–Crippen LogP) is 4.02. The summed E-state index contributed by atoms with van der Waals surface area (Å²) in [4.78, 5) is 11.7. The van der Waals surface area contributed by atoms with E-state index in [0.29, 0.717) is 27.0 Å². The minimum absolute atomic E-state index is 0.0521. The van der Waals surface area contributed by atoms with Crippen molar-refractivity contribution in [2.24, 2.45) is 0 Å². The molecule has 0 saturated heterocycles. The zero-order valence-corrected chi connectivity index (χ0v) is 12.8. The van der Waals surface area contributed by atoms with E-state index in [1.54, 1.807) is 42.5 Å². The molecule has 112 valence electrons. The Morgan fingerprint density at radius 3 is 2.55 bits per heavy atom. The molecule has 0 saturated carbocycles. The summed E-state index contributed by atoms with van der Waals surface area (Å²) >= 11 is 11.7. The number of halogens is 2. The number of nitrogens with zero attached hydrogens (tertiary/aromatic N) is 1. The molecule has 22 heavy (non-hydrogen) atoms. The molecule has 0 spiro atoms. The van der Waals surface area contributed by atoms with Gasteiger partial charge in [-0.25, -0.2) is 4.79 Å². The molecule has 0 aromatic heterocycles. The van der Waals surface area contributed by atoms with E-state index in [0.717, 1.165) is 0 Å². The van der Waals surface area contributed by atoms with Crippen LogP contribution in [0.15, 0.2) is 42.5 Å². The first-order valence-corrected chi connectivity index (χ1v) is 6.97. The van der Waals surface area contributed by atoms with Gasteiger partial charge in [-0.05, 0) is 42.5 Å². The highest BCUT2D eigenvalue weighted by molar-refractivity contribution is 6.35. The first kappa shape index (κ1) is 16.0. The molecule has 0 bridgehead atoms. The highest BCUT2D eigenvalue weighted by atomic mass is 35.5. The molecular weight excluding hydrogens is 325 g/mol. The highest BCUT2D eigenvalue weighted by Gasteiger charge is 2.04. The first-order valence-electron chi connectivity index (χ1n) is 6.21. The predicted molar refractivity (Wildman–Crippen MR) is 85.3 cm³/mol. The van der Waals surface area contributed by atoms with E-state index in [9.17, 15) is 4.79 Å². The summed E-state index contributed by atoms with van der Waals surface area (Å²) < 4.78 is 5.33. The molecule has 0 heterocycles. The summed E-state index contributed by atoms with van der Waals surface area (Å²) in [5, 5.41) is 14.7. The average Bonchev–Trinajstić information content (AvgIpc) is 2.50. The normalized spacial score (nSPS) is 9.68. The molecule has 7 heteroatoms. The number of carbonyl (C=O) groups excluding carboxylic acids is 1. The number of ether oxygens (including phenoxy) is 1. The molecule has 2 rings (SSSR count). The standard InChI is InChI=1S/C15H11Cl2N3O2/c16-11-3-6-14(13(17)7-11)22-9-19-15(21)20-12-4-1-10(8-18)2-5-12/h1-7H,9H2,(H2,19,20,21). The third kappa shape index (κ3) is 4.55. The Morgan fingerprint density at radius 1 is 1.18 bits per heavy atom. The largest absolute Gasteiger partial charge is 0.472 e. The monoisotopic (exact) mass is 335 g/mol. The Morgan fingerprint density at radius 2 is 1.91 bits per heavy atom. The van der Waals surface area contributed by atoms with E-state index in [-0.39, 0.29) is 6.73 Å². The third-order valence-corrected chi connectivity index (χ3v) is 3.16. The second-order valence-electron chi connectivity index (χ2n) is 4.18. The minimum Gasteiger partial charge on any atom is -0.472 e. The lowest BCUT2D eigenvalue weighted by Gasteiger charge is -2.10. The van der Waals surface area contributed by atoms with Gasteiger partial charge in [0.25, 0.3) is 0 Å². The lowest BCUT2D eigenvalue weighted by molar-refractivity contribution is 0.234. The fourth-order valence-electron chi connectivity index (χ4n) is 1.58. The maximum absolute atomic E-state index is 11.7. The molecule has 0 fully saturated rings. The highest BCUT2D eigenvalue weighted by Crippen LogP contribution is 2.27. The fourth-order valence-corrected chi connectivity index (χ4v) is 2.04. The zero-order chi connectivity index (χ0) is 15.9. The van der Waals surface area contributed by atoms with Gasteiger partial charge >= 0.3 is 6.03 Å². The molecule has 2 amide bonds. The van der Waals surface area contributed by atoms with Crippen LogP contribution in [0.5, 0.6) is 5.75 Å². The maximum atomic E-state index is 11.7. The average molecular weight is 336 g/mol. The van der Waals surface area contributed by atoms with Crippen LogP contribution >= 0.6 is 23.2 Å². The summed E-state index contributed by atoms with van der Waals surface area (Å²) in [5.74, 6) is 0.421. The van der Waals surface area contributed by atoms with Gasteiger partial charge in [0.2, 0.25) is 0 Å². The lowest BCUT2D eigenvalue weighted by atomic mass is 10.2. The van der Waals surface area contributed by atoms with E-state index < -0.39 is 6.03 Å². The van der Waals surface area contributed by atoms with Crippen molar-refractivity contribution in [1.82, 2.24) is 5.32 Å². The molecule has 2 aromatic rings. The van der Waals surface area contributed by atoms with Crippen LogP contribution in [0.25, 0.3) is 0 Å². The SMILES string of the molecule is N#Cc1ccc(NC(=O)NCOc2ccc(Cl)cc2Cl)cc1. The number of benzene rings is 2. The number of nitriles is 1. The number of anilines is 1. The van der Waals surface area contributed by atoms with Gasteiger partial charge in [-0.2, -0.15) is 5.26 Å². The quantitative estimate of drug-likeness (QED) is 0.828. The van der Waals surface area contributed by atoms with Crippen molar-refractivity contribution in [3.05, 3.63) is 58.1 Å². The van der Waals surface area contributed by atoms with Crippen LogP contribution in [0, 0.1) is 11.3 Å². The summed E-state index contributed by atoms with van der Waals surface area (Å²) in [6.07, 6.45) is 0. The van der Waals surface area contributed by atoms with Gasteiger partial charge in [-0.3, -0.25) is 0 Å². The Hall–Kier alpha value is -2.42. The van der Waals surface area contributed by atoms with Gasteiger partial charge < -0.3 is 15.4 Å². The molecule has 0 unspecified atom stereocenters. The van der Waals surface area contributed by atoms with Crippen molar-refractivity contribution in [1.29, 1.82) is 5.26 Å². The van der Waals surface area contributed by atoms with Crippen molar-refractivity contribution >= 4 is 34.9 Å². The van der Waals surface area contributed by atoms with Gasteiger partial charge in [0.05, 0.1) is 16.7 Å². The van der Waals surface area contributed by atoms with E-state index >= 15 is 0 Å². The molecule has 0 aliphatic heterocycles. The van der Waals surface area contributed by atoms with Gasteiger partial charge in [0, 0.05) is 10.7 Å². The Labute approximate surface area is 137 Å². The van der Waals surface area contributed by atoms with Crippen LogP contribution in [-0.4, -0.2) is 12.8 Å². The second-order valence-corrected chi connectivity index (χ2v) is 5.03. The van der Waals surface area contributed by atoms with Gasteiger partial charge in [0.15, 0.2) is 6.73 Å². The summed E-state index contributed by atoms with van der Waals surface area (Å²) in [5.41, 5.74) is 1.09. The molecule has 0 radical (unpaired) electrons. The molecule has 0 atom stereocenters. The van der Waals surface area contributed by atoms with Crippen LogP contribution in [0.2, 0.25) is 10.0 Å². The molecule has 0 aliphatic carbocycles. The number of hydrogen-bond donors (Lipinski definition) is 2. The van der Waals surface area contributed by atoms with Crippen LogP contribution < -0.4 is 15.4 Å². The molecule has 5 nitrogen and oxygen atoms in total. The van der Waals surface area contributed by atoms with E-state index in [1.807, 2.05) is 6.07 Å². The molecule has 2 N–H and O–H groups in total. The Kier molecular flexibility index (Phi) is 5.48. The van der Waals surface area contributed by atoms with Crippen LogP contribution in [0.4, 0.5) is 10.5 Å². The smallest absolute Gasteiger partial charge is 0.321 e. The van der Waals surface area contributed by atoms with E-state index in [1.165, 1.54) is 0 Å². The van der Waals surface area contributed by atoms with Gasteiger partial charge in [0.1, 0.15) is 5.75 Å². The van der Waals surface area contributed by atoms with Crippen molar-refractivity contribution in [3.8, 4) is 11.8 Å². The van der Waals surface area contributed by atoms with Crippen LogP contribution in [-0.2, 0) is 0 Å². The van der Waals surface area contributed by atoms with Crippen molar-refractivity contribution < 1.29 is 9.53 Å².